The van der Waals surface area contributed by atoms with Gasteiger partial charge in [0, 0.05) is 11.3 Å². The molecule has 0 saturated heterocycles. The predicted octanol–water partition coefficient (Wildman–Crippen LogP) is 2.43. The van der Waals surface area contributed by atoms with Crippen LogP contribution in [0.2, 0.25) is 0 Å². The first-order valence-electron chi connectivity index (χ1n) is 5.66. The summed E-state index contributed by atoms with van der Waals surface area (Å²) in [4.78, 5) is 0. The average Bonchev–Trinajstić information content (AvgIpc) is 2.81. The molecule has 0 aliphatic rings. The zero-order chi connectivity index (χ0) is 12.0. The maximum absolute atomic E-state index is 9.23. The zero-order valence-electron chi connectivity index (χ0n) is 10.1. The Morgan fingerprint density at radius 1 is 1.56 bits per heavy atom. The third-order valence-electron chi connectivity index (χ3n) is 2.80. The Morgan fingerprint density at radius 2 is 2.31 bits per heavy atom. The molecule has 3 unspecified atom stereocenters. The number of hydrogen-bond donors (Lipinski definition) is 2. The van der Waals surface area contributed by atoms with Gasteiger partial charge in [-0.15, -0.1) is 0 Å². The first-order valence-corrected chi connectivity index (χ1v) is 6.94. The van der Waals surface area contributed by atoms with Gasteiger partial charge in [-0.3, -0.25) is 0 Å². The molecule has 16 heavy (non-hydrogen) atoms. The molecule has 0 spiro atoms. The summed E-state index contributed by atoms with van der Waals surface area (Å²) in [5.74, 6) is 0.965. The standard InChI is InChI=1S/C12H21NO2S/c1-4-10(11-6-5-7-15-11)13-9(2)12(8-14)16-3/h5-7,9-10,12-14H,4,8H2,1-3H3. The predicted molar refractivity (Wildman–Crippen MR) is 68.7 cm³/mol. The summed E-state index contributed by atoms with van der Waals surface area (Å²) >= 11 is 1.68. The molecule has 3 nitrogen and oxygen atoms in total. The first-order chi connectivity index (χ1) is 7.72. The van der Waals surface area contributed by atoms with E-state index < -0.39 is 0 Å². The SMILES string of the molecule is CCC(NC(C)C(CO)SC)c1ccco1. The number of hydrogen-bond acceptors (Lipinski definition) is 4. The van der Waals surface area contributed by atoms with Gasteiger partial charge in [-0.2, -0.15) is 11.8 Å². The number of furan rings is 1. The van der Waals surface area contributed by atoms with Crippen LogP contribution in [0, 0.1) is 0 Å². The summed E-state index contributed by atoms with van der Waals surface area (Å²) < 4.78 is 5.40. The van der Waals surface area contributed by atoms with E-state index in [1.54, 1.807) is 18.0 Å². The lowest BCUT2D eigenvalue weighted by Crippen LogP contribution is -2.39. The van der Waals surface area contributed by atoms with Gasteiger partial charge in [0.1, 0.15) is 5.76 Å². The molecule has 2 N–H and O–H groups in total. The van der Waals surface area contributed by atoms with E-state index in [2.05, 4.69) is 19.2 Å². The summed E-state index contributed by atoms with van der Waals surface area (Å²) in [5.41, 5.74) is 0. The molecule has 3 atom stereocenters. The highest BCUT2D eigenvalue weighted by Gasteiger charge is 2.20. The second kappa shape index (κ2) is 6.99. The van der Waals surface area contributed by atoms with Crippen LogP contribution in [0.3, 0.4) is 0 Å². The highest BCUT2D eigenvalue weighted by Crippen LogP contribution is 2.20. The third kappa shape index (κ3) is 3.54. The molecule has 0 fully saturated rings. The van der Waals surface area contributed by atoms with Crippen molar-refractivity contribution in [3.05, 3.63) is 24.2 Å². The summed E-state index contributed by atoms with van der Waals surface area (Å²) in [6.07, 6.45) is 4.69. The van der Waals surface area contributed by atoms with Crippen molar-refractivity contribution in [2.75, 3.05) is 12.9 Å². The van der Waals surface area contributed by atoms with Gasteiger partial charge < -0.3 is 14.8 Å². The molecular formula is C12H21NO2S. The van der Waals surface area contributed by atoms with Gasteiger partial charge >= 0.3 is 0 Å². The number of aliphatic hydroxyl groups is 1. The van der Waals surface area contributed by atoms with Gasteiger partial charge in [0.2, 0.25) is 0 Å². The van der Waals surface area contributed by atoms with Crippen molar-refractivity contribution in [1.82, 2.24) is 5.32 Å². The van der Waals surface area contributed by atoms with E-state index in [-0.39, 0.29) is 23.9 Å². The van der Waals surface area contributed by atoms with Crippen molar-refractivity contribution in [3.63, 3.8) is 0 Å². The van der Waals surface area contributed by atoms with Crippen LogP contribution in [0.15, 0.2) is 22.8 Å². The van der Waals surface area contributed by atoms with Gasteiger partial charge in [0.15, 0.2) is 0 Å². The normalized spacial score (nSPS) is 17.0. The quantitative estimate of drug-likeness (QED) is 0.772. The molecule has 0 aliphatic carbocycles. The number of nitrogens with one attached hydrogen (secondary N) is 1. The van der Waals surface area contributed by atoms with Crippen LogP contribution in [0.25, 0.3) is 0 Å². The zero-order valence-corrected chi connectivity index (χ0v) is 11.0. The monoisotopic (exact) mass is 243 g/mol. The van der Waals surface area contributed by atoms with Crippen molar-refractivity contribution in [1.29, 1.82) is 0 Å². The summed E-state index contributed by atoms with van der Waals surface area (Å²) in [7, 11) is 0. The fourth-order valence-electron chi connectivity index (χ4n) is 1.75. The molecule has 0 radical (unpaired) electrons. The lowest BCUT2D eigenvalue weighted by molar-refractivity contribution is 0.265. The van der Waals surface area contributed by atoms with Gasteiger partial charge in [-0.25, -0.2) is 0 Å². The Morgan fingerprint density at radius 3 is 2.75 bits per heavy atom. The van der Waals surface area contributed by atoms with Crippen molar-refractivity contribution >= 4 is 11.8 Å². The van der Waals surface area contributed by atoms with E-state index in [0.717, 1.165) is 12.2 Å². The number of rotatable bonds is 7. The van der Waals surface area contributed by atoms with Gasteiger partial charge in [0.05, 0.1) is 18.9 Å². The minimum Gasteiger partial charge on any atom is -0.468 e. The van der Waals surface area contributed by atoms with Crippen LogP contribution in [0.4, 0.5) is 0 Å². The molecule has 92 valence electrons. The van der Waals surface area contributed by atoms with E-state index in [1.165, 1.54) is 0 Å². The second-order valence-corrected chi connectivity index (χ2v) is 4.97. The maximum Gasteiger partial charge on any atom is 0.120 e. The smallest absolute Gasteiger partial charge is 0.120 e. The lowest BCUT2D eigenvalue weighted by atomic mass is 10.1. The van der Waals surface area contributed by atoms with E-state index in [4.69, 9.17) is 4.42 Å². The minimum atomic E-state index is 0.198. The van der Waals surface area contributed by atoms with E-state index in [1.807, 2.05) is 18.4 Å². The Bertz CT molecular complexity index is 273. The Hall–Kier alpha value is -0.450. The van der Waals surface area contributed by atoms with Crippen LogP contribution in [0.5, 0.6) is 0 Å². The van der Waals surface area contributed by atoms with E-state index in [9.17, 15) is 5.11 Å². The Balaban J connectivity index is 2.56. The molecule has 1 rings (SSSR count). The molecule has 0 saturated carbocycles. The topological polar surface area (TPSA) is 45.4 Å². The largest absolute Gasteiger partial charge is 0.468 e. The Labute approximate surface area is 102 Å². The molecule has 4 heteroatoms. The molecule has 1 aromatic rings. The highest BCUT2D eigenvalue weighted by molar-refractivity contribution is 7.99. The van der Waals surface area contributed by atoms with Crippen LogP contribution in [-0.2, 0) is 0 Å². The lowest BCUT2D eigenvalue weighted by Gasteiger charge is -2.25. The number of aliphatic hydroxyl groups excluding tert-OH is 1. The summed E-state index contributed by atoms with van der Waals surface area (Å²) in [5, 5.41) is 13.0. The second-order valence-electron chi connectivity index (χ2n) is 3.89. The minimum absolute atomic E-state index is 0.198. The highest BCUT2D eigenvalue weighted by atomic mass is 32.2. The van der Waals surface area contributed by atoms with Crippen LogP contribution >= 0.6 is 11.8 Å². The summed E-state index contributed by atoms with van der Waals surface area (Å²) in [6.45, 7) is 4.42. The van der Waals surface area contributed by atoms with Gasteiger partial charge in [-0.05, 0) is 31.7 Å². The van der Waals surface area contributed by atoms with Crippen LogP contribution in [-0.4, -0.2) is 29.3 Å². The molecule has 0 aliphatic heterocycles. The molecule has 1 heterocycles. The van der Waals surface area contributed by atoms with Gasteiger partial charge in [-0.1, -0.05) is 6.92 Å². The number of thioether (sulfide) groups is 1. The Kier molecular flexibility index (Phi) is 5.95. The third-order valence-corrected chi connectivity index (χ3v) is 3.96. The van der Waals surface area contributed by atoms with Crippen molar-refractivity contribution in [3.8, 4) is 0 Å². The first kappa shape index (κ1) is 13.6. The van der Waals surface area contributed by atoms with Crippen molar-refractivity contribution < 1.29 is 9.52 Å². The fourth-order valence-corrected chi connectivity index (χ4v) is 2.39. The molecule has 1 aromatic heterocycles. The molecular weight excluding hydrogens is 222 g/mol. The summed E-state index contributed by atoms with van der Waals surface area (Å²) in [6, 6.07) is 4.38. The van der Waals surface area contributed by atoms with Crippen LogP contribution in [0.1, 0.15) is 32.1 Å². The molecule has 0 amide bonds. The van der Waals surface area contributed by atoms with Gasteiger partial charge in [0.25, 0.3) is 0 Å². The fraction of sp³-hybridized carbons (Fsp3) is 0.667. The maximum atomic E-state index is 9.23. The van der Waals surface area contributed by atoms with E-state index in [0.29, 0.717) is 0 Å². The molecule has 0 bridgehead atoms. The van der Waals surface area contributed by atoms with E-state index >= 15 is 0 Å². The van der Waals surface area contributed by atoms with Crippen molar-refractivity contribution in [2.24, 2.45) is 0 Å². The van der Waals surface area contributed by atoms with Crippen molar-refractivity contribution in [2.45, 2.75) is 37.6 Å². The molecule has 0 aromatic carbocycles. The average molecular weight is 243 g/mol. The van der Waals surface area contributed by atoms with Crippen LogP contribution < -0.4 is 5.32 Å².